The summed E-state index contributed by atoms with van der Waals surface area (Å²) < 4.78 is 0. The molecule has 5 nitrogen and oxygen atoms in total. The maximum atomic E-state index is 10.7. The summed E-state index contributed by atoms with van der Waals surface area (Å²) in [6.07, 6.45) is 1.58. The monoisotopic (exact) mass is 329 g/mol. The Hall–Kier alpha value is -3.60. The lowest BCUT2D eigenvalue weighted by atomic mass is 10.0. The Morgan fingerprint density at radius 1 is 0.800 bits per heavy atom. The number of benzene rings is 3. The van der Waals surface area contributed by atoms with Gasteiger partial charge in [0.1, 0.15) is 5.71 Å². The van der Waals surface area contributed by atoms with Gasteiger partial charge in [0.25, 0.3) is 5.69 Å². The molecule has 122 valence electrons. The molecular formula is C20H15N3O2. The number of nitro groups is 1. The number of hydrogen-bond acceptors (Lipinski definition) is 4. The van der Waals surface area contributed by atoms with Crippen molar-refractivity contribution in [2.24, 2.45) is 10.2 Å². The smallest absolute Gasteiger partial charge is 0.258 e. The third-order valence-corrected chi connectivity index (χ3v) is 3.56. The highest BCUT2D eigenvalue weighted by molar-refractivity contribution is 6.12. The van der Waals surface area contributed by atoms with Crippen LogP contribution < -0.4 is 0 Å². The first-order chi connectivity index (χ1) is 12.2. The van der Waals surface area contributed by atoms with Gasteiger partial charge in [-0.3, -0.25) is 10.1 Å². The van der Waals surface area contributed by atoms with E-state index in [0.717, 1.165) is 22.4 Å². The number of hydrogen-bond donors (Lipinski definition) is 0. The average Bonchev–Trinajstić information content (AvgIpc) is 2.67. The minimum atomic E-state index is -0.429. The molecule has 0 fully saturated rings. The van der Waals surface area contributed by atoms with E-state index in [0.29, 0.717) is 0 Å². The maximum Gasteiger partial charge on any atom is 0.269 e. The van der Waals surface area contributed by atoms with Crippen LogP contribution in [0.25, 0.3) is 0 Å². The zero-order chi connectivity index (χ0) is 17.5. The van der Waals surface area contributed by atoms with Crippen molar-refractivity contribution in [2.45, 2.75) is 0 Å². The standard InChI is InChI=1S/C20H15N3O2/c24-23(25)19-13-11-16(12-14-19)15-21-22-20(17-7-3-1-4-8-17)18-9-5-2-6-10-18/h1-15H/b21-15+. The van der Waals surface area contributed by atoms with Gasteiger partial charge in [-0.15, -0.1) is 5.10 Å². The summed E-state index contributed by atoms with van der Waals surface area (Å²) in [6, 6.07) is 25.8. The van der Waals surface area contributed by atoms with Crippen molar-refractivity contribution < 1.29 is 4.92 Å². The van der Waals surface area contributed by atoms with Gasteiger partial charge in [0.2, 0.25) is 0 Å². The zero-order valence-corrected chi connectivity index (χ0v) is 13.3. The summed E-state index contributed by atoms with van der Waals surface area (Å²) in [5, 5.41) is 19.2. The van der Waals surface area contributed by atoms with Crippen molar-refractivity contribution in [3.05, 3.63) is 112 Å². The Bertz CT molecular complexity index is 861. The normalized spacial score (nSPS) is 10.6. The Morgan fingerprint density at radius 3 is 1.80 bits per heavy atom. The quantitative estimate of drug-likeness (QED) is 0.394. The summed E-state index contributed by atoms with van der Waals surface area (Å²) in [5.41, 5.74) is 3.49. The van der Waals surface area contributed by atoms with Crippen LogP contribution >= 0.6 is 0 Å². The van der Waals surface area contributed by atoms with Gasteiger partial charge in [0.05, 0.1) is 11.1 Å². The average molecular weight is 329 g/mol. The number of rotatable bonds is 5. The largest absolute Gasteiger partial charge is 0.269 e. The van der Waals surface area contributed by atoms with Gasteiger partial charge in [-0.05, 0) is 17.7 Å². The molecule has 5 heteroatoms. The highest BCUT2D eigenvalue weighted by atomic mass is 16.6. The van der Waals surface area contributed by atoms with E-state index in [1.165, 1.54) is 12.1 Å². The molecule has 0 atom stereocenters. The lowest BCUT2D eigenvalue weighted by Gasteiger charge is -2.05. The van der Waals surface area contributed by atoms with Crippen molar-refractivity contribution in [1.82, 2.24) is 0 Å². The first kappa shape index (κ1) is 16.3. The second-order valence-corrected chi connectivity index (χ2v) is 5.27. The molecule has 0 aromatic heterocycles. The molecule has 0 unspecified atom stereocenters. The molecule has 0 N–H and O–H groups in total. The predicted octanol–water partition coefficient (Wildman–Crippen LogP) is 4.47. The van der Waals surface area contributed by atoms with Gasteiger partial charge < -0.3 is 0 Å². The third-order valence-electron chi connectivity index (χ3n) is 3.56. The second kappa shape index (κ2) is 7.79. The second-order valence-electron chi connectivity index (χ2n) is 5.27. The van der Waals surface area contributed by atoms with Crippen molar-refractivity contribution in [3.63, 3.8) is 0 Å². The molecule has 0 spiro atoms. The van der Waals surface area contributed by atoms with E-state index in [1.54, 1.807) is 18.3 Å². The molecule has 0 amide bonds. The van der Waals surface area contributed by atoms with E-state index in [2.05, 4.69) is 10.2 Å². The molecule has 0 bridgehead atoms. The molecule has 0 heterocycles. The van der Waals surface area contributed by atoms with Gasteiger partial charge in [0, 0.05) is 23.3 Å². The Kier molecular flexibility index (Phi) is 5.07. The number of nitro benzene ring substituents is 1. The van der Waals surface area contributed by atoms with Gasteiger partial charge >= 0.3 is 0 Å². The van der Waals surface area contributed by atoms with Crippen molar-refractivity contribution in [2.75, 3.05) is 0 Å². The Balaban J connectivity index is 1.90. The van der Waals surface area contributed by atoms with Crippen LogP contribution in [0.1, 0.15) is 16.7 Å². The summed E-state index contributed by atoms with van der Waals surface area (Å²) in [4.78, 5) is 10.3. The van der Waals surface area contributed by atoms with Gasteiger partial charge in [0.15, 0.2) is 0 Å². The molecule has 25 heavy (non-hydrogen) atoms. The summed E-state index contributed by atoms with van der Waals surface area (Å²) in [5.74, 6) is 0. The van der Waals surface area contributed by atoms with Crippen LogP contribution in [0.5, 0.6) is 0 Å². The molecule has 3 aromatic rings. The van der Waals surface area contributed by atoms with Crippen LogP contribution in [0.2, 0.25) is 0 Å². The lowest BCUT2D eigenvalue weighted by molar-refractivity contribution is -0.384. The fourth-order valence-electron chi connectivity index (χ4n) is 2.31. The molecule has 0 saturated heterocycles. The molecule has 0 aliphatic rings. The minimum absolute atomic E-state index is 0.0508. The van der Waals surface area contributed by atoms with Gasteiger partial charge in [-0.2, -0.15) is 5.10 Å². The minimum Gasteiger partial charge on any atom is -0.258 e. The number of nitrogens with zero attached hydrogens (tertiary/aromatic N) is 3. The molecule has 0 aliphatic heterocycles. The van der Waals surface area contributed by atoms with E-state index in [4.69, 9.17) is 0 Å². The third kappa shape index (κ3) is 4.23. The predicted molar refractivity (Wildman–Crippen MR) is 99.2 cm³/mol. The van der Waals surface area contributed by atoms with E-state index in [9.17, 15) is 10.1 Å². The van der Waals surface area contributed by atoms with Crippen LogP contribution in [0.4, 0.5) is 5.69 Å². The summed E-state index contributed by atoms with van der Waals surface area (Å²) >= 11 is 0. The molecule has 0 aliphatic carbocycles. The highest BCUT2D eigenvalue weighted by Crippen LogP contribution is 2.12. The SMILES string of the molecule is O=[N+]([O-])c1ccc(/C=N/N=C(c2ccccc2)c2ccccc2)cc1. The molecular weight excluding hydrogens is 314 g/mol. The molecule has 0 saturated carbocycles. The van der Waals surface area contributed by atoms with Gasteiger partial charge in [-0.25, -0.2) is 0 Å². The summed E-state index contributed by atoms with van der Waals surface area (Å²) in [7, 11) is 0. The van der Waals surface area contributed by atoms with Crippen molar-refractivity contribution in [1.29, 1.82) is 0 Å². The summed E-state index contributed by atoms with van der Waals surface area (Å²) in [6.45, 7) is 0. The molecule has 0 radical (unpaired) electrons. The van der Waals surface area contributed by atoms with Crippen molar-refractivity contribution >= 4 is 17.6 Å². The first-order valence-electron chi connectivity index (χ1n) is 7.70. The van der Waals surface area contributed by atoms with Crippen molar-refractivity contribution in [3.8, 4) is 0 Å². The zero-order valence-electron chi connectivity index (χ0n) is 13.3. The van der Waals surface area contributed by atoms with E-state index < -0.39 is 4.92 Å². The lowest BCUT2D eigenvalue weighted by Crippen LogP contribution is -2.02. The van der Waals surface area contributed by atoms with Crippen LogP contribution in [-0.2, 0) is 0 Å². The number of non-ortho nitro benzene ring substituents is 1. The highest BCUT2D eigenvalue weighted by Gasteiger charge is 2.06. The van der Waals surface area contributed by atoms with Crippen LogP contribution in [0, 0.1) is 10.1 Å². The Morgan fingerprint density at radius 2 is 1.32 bits per heavy atom. The first-order valence-corrected chi connectivity index (χ1v) is 7.70. The maximum absolute atomic E-state index is 10.7. The molecule has 3 rings (SSSR count). The van der Waals surface area contributed by atoms with Crippen LogP contribution in [-0.4, -0.2) is 16.8 Å². The Labute approximate surface area is 145 Å². The van der Waals surface area contributed by atoms with Gasteiger partial charge in [-0.1, -0.05) is 60.7 Å². The van der Waals surface area contributed by atoms with E-state index in [1.807, 2.05) is 60.7 Å². The molecule has 3 aromatic carbocycles. The van der Waals surface area contributed by atoms with Crippen LogP contribution in [0.3, 0.4) is 0 Å². The fraction of sp³-hybridized carbons (Fsp3) is 0. The van der Waals surface area contributed by atoms with E-state index in [-0.39, 0.29) is 5.69 Å². The topological polar surface area (TPSA) is 67.9 Å². The van der Waals surface area contributed by atoms with E-state index >= 15 is 0 Å². The fourth-order valence-corrected chi connectivity index (χ4v) is 2.31. The van der Waals surface area contributed by atoms with Crippen LogP contribution in [0.15, 0.2) is 95.1 Å².